The minimum absolute atomic E-state index is 0.0236. The van der Waals surface area contributed by atoms with E-state index in [1.165, 1.54) is 25.7 Å². The zero-order valence-electron chi connectivity index (χ0n) is 14.8. The summed E-state index contributed by atoms with van der Waals surface area (Å²) < 4.78 is 0.579. The van der Waals surface area contributed by atoms with Crippen LogP contribution in [-0.2, 0) is 16.6 Å². The summed E-state index contributed by atoms with van der Waals surface area (Å²) in [6.45, 7) is 9.86. The van der Waals surface area contributed by atoms with Crippen molar-refractivity contribution in [1.82, 2.24) is 0 Å². The molecule has 0 fully saturated rings. The van der Waals surface area contributed by atoms with Gasteiger partial charge in [0.05, 0.1) is 0 Å². The van der Waals surface area contributed by atoms with Gasteiger partial charge in [-0.1, -0.05) is 0 Å². The van der Waals surface area contributed by atoms with Crippen LogP contribution in [0.3, 0.4) is 0 Å². The second-order valence-electron chi connectivity index (χ2n) is 9.25. The van der Waals surface area contributed by atoms with E-state index >= 15 is 0 Å². The molecule has 0 aromatic rings. The van der Waals surface area contributed by atoms with E-state index in [0.717, 1.165) is 0 Å². The van der Waals surface area contributed by atoms with Gasteiger partial charge < -0.3 is 0 Å². The van der Waals surface area contributed by atoms with Crippen LogP contribution in [0.4, 0.5) is 0 Å². The topological polar surface area (TPSA) is 0 Å². The Bertz CT molecular complexity index is 445. The maximum absolute atomic E-state index is 2.67. The molecular formula is C18H34SiTi. The van der Waals surface area contributed by atoms with Crippen LogP contribution in [0.25, 0.3) is 0 Å². The third kappa shape index (κ3) is 2.96. The van der Waals surface area contributed by atoms with E-state index in [2.05, 4.69) is 49.5 Å². The first kappa shape index (κ1) is 16.8. The standard InChI is InChI=1S/C15H25Si.3CH3.Ti/c1-11-9-12-7-5-6-8-13(12)14(11)10-16-15(2,3)4;;;;/h9H,5-8,10,16H2,1-4H3;3*1H3;. The summed E-state index contributed by atoms with van der Waals surface area (Å²) in [6.07, 6.45) is 8.25. The van der Waals surface area contributed by atoms with Gasteiger partial charge in [-0.2, -0.15) is 0 Å². The fourth-order valence-electron chi connectivity index (χ4n) is 4.53. The monoisotopic (exact) mass is 326 g/mol. The number of rotatable bonds is 3. The normalized spacial score (nSPS) is 28.2. The summed E-state index contributed by atoms with van der Waals surface area (Å²) in [5.74, 6) is 0. The van der Waals surface area contributed by atoms with Crippen molar-refractivity contribution < 1.29 is 16.6 Å². The fourth-order valence-corrected chi connectivity index (χ4v) is 15.0. The van der Waals surface area contributed by atoms with Crippen LogP contribution in [0, 0.1) is 0 Å². The molecule has 0 bridgehead atoms. The van der Waals surface area contributed by atoms with Gasteiger partial charge in [-0.25, -0.2) is 0 Å². The Hall–Kier alpha value is 0.411. The van der Waals surface area contributed by atoms with Crippen molar-refractivity contribution in [1.29, 1.82) is 0 Å². The molecule has 0 aromatic carbocycles. The van der Waals surface area contributed by atoms with E-state index in [4.69, 9.17) is 0 Å². The molecular weight excluding hydrogens is 292 g/mol. The van der Waals surface area contributed by atoms with Gasteiger partial charge in [-0.3, -0.25) is 0 Å². The molecule has 0 saturated carbocycles. The number of hydrogen-bond donors (Lipinski definition) is 0. The molecule has 20 heavy (non-hydrogen) atoms. The van der Waals surface area contributed by atoms with Gasteiger partial charge >= 0.3 is 133 Å². The summed E-state index contributed by atoms with van der Waals surface area (Å²) in [7, 11) is -0.0236. The summed E-state index contributed by atoms with van der Waals surface area (Å²) in [6, 6.07) is 1.54. The Kier molecular flexibility index (Phi) is 4.66. The van der Waals surface area contributed by atoms with Gasteiger partial charge in [-0.15, -0.1) is 0 Å². The molecule has 2 heteroatoms. The van der Waals surface area contributed by atoms with Gasteiger partial charge in [0, 0.05) is 0 Å². The first-order chi connectivity index (χ1) is 9.08. The summed E-state index contributed by atoms with van der Waals surface area (Å²) in [5.41, 5.74) is 5.44. The van der Waals surface area contributed by atoms with Gasteiger partial charge in [0.15, 0.2) is 0 Å². The quantitative estimate of drug-likeness (QED) is 0.551. The molecule has 0 aliphatic heterocycles. The Balaban J connectivity index is 2.42. The van der Waals surface area contributed by atoms with Crippen molar-refractivity contribution in [2.24, 2.45) is 0 Å². The molecule has 0 spiro atoms. The number of hydrogen-bond acceptors (Lipinski definition) is 0. The zero-order chi connectivity index (χ0) is 15.2. The van der Waals surface area contributed by atoms with Crippen molar-refractivity contribution in [3.8, 4) is 0 Å². The Morgan fingerprint density at radius 1 is 1.15 bits per heavy atom. The molecule has 0 nitrogen and oxygen atoms in total. The van der Waals surface area contributed by atoms with Crippen molar-refractivity contribution >= 4 is 9.52 Å². The Morgan fingerprint density at radius 3 is 2.30 bits per heavy atom. The Morgan fingerprint density at radius 2 is 1.75 bits per heavy atom. The second kappa shape index (κ2) is 5.56. The maximum atomic E-state index is 2.67. The minimum atomic E-state index is -1.80. The van der Waals surface area contributed by atoms with Crippen molar-refractivity contribution in [3.63, 3.8) is 0 Å². The predicted octanol–water partition coefficient (Wildman–Crippen LogP) is 6.08. The van der Waals surface area contributed by atoms with Crippen LogP contribution in [0.15, 0.2) is 22.8 Å². The van der Waals surface area contributed by atoms with Crippen LogP contribution in [0.5, 0.6) is 0 Å². The average molecular weight is 326 g/mol. The first-order valence-electron chi connectivity index (χ1n) is 8.49. The van der Waals surface area contributed by atoms with Gasteiger partial charge in [0.2, 0.25) is 0 Å². The van der Waals surface area contributed by atoms with Crippen LogP contribution in [0.1, 0.15) is 53.4 Å². The molecule has 0 N–H and O–H groups in total. The van der Waals surface area contributed by atoms with E-state index in [-0.39, 0.29) is 9.52 Å². The molecule has 0 saturated heterocycles. The van der Waals surface area contributed by atoms with E-state index in [1.807, 2.05) is 5.57 Å². The SMILES string of the molecule is CC1=CC2=C(CCCC2)[C]1(C[SiH2]C(C)(C)C)[Ti]([CH3])([CH3])[CH3]. The number of allylic oxidation sites excluding steroid dienone is 4. The summed E-state index contributed by atoms with van der Waals surface area (Å²) in [4.78, 5) is 0. The summed E-state index contributed by atoms with van der Waals surface area (Å²) in [5, 5.41) is 8.59. The summed E-state index contributed by atoms with van der Waals surface area (Å²) >= 11 is -1.80. The zero-order valence-corrected chi connectivity index (χ0v) is 17.8. The molecule has 2 aliphatic rings. The predicted molar refractivity (Wildman–Crippen MR) is 92.6 cm³/mol. The van der Waals surface area contributed by atoms with E-state index in [9.17, 15) is 0 Å². The Labute approximate surface area is 132 Å². The molecule has 0 radical (unpaired) electrons. The van der Waals surface area contributed by atoms with Crippen LogP contribution >= 0.6 is 0 Å². The molecule has 2 aliphatic carbocycles. The van der Waals surface area contributed by atoms with Crippen LogP contribution in [0.2, 0.25) is 30.5 Å². The molecule has 1 atom stereocenters. The van der Waals surface area contributed by atoms with Gasteiger partial charge in [-0.05, 0) is 0 Å². The van der Waals surface area contributed by atoms with Gasteiger partial charge in [0.25, 0.3) is 0 Å². The van der Waals surface area contributed by atoms with E-state index in [1.54, 1.807) is 17.2 Å². The molecule has 2 rings (SSSR count). The molecule has 114 valence electrons. The molecule has 1 unspecified atom stereocenters. The average Bonchev–Trinajstić information content (AvgIpc) is 2.57. The van der Waals surface area contributed by atoms with Crippen LogP contribution in [-0.4, -0.2) is 9.52 Å². The third-order valence-electron chi connectivity index (χ3n) is 5.62. The fraction of sp³-hybridized carbons (Fsp3) is 0.778. The molecule has 0 heterocycles. The van der Waals surface area contributed by atoms with E-state index in [0.29, 0.717) is 8.76 Å². The van der Waals surface area contributed by atoms with Crippen LogP contribution < -0.4 is 0 Å². The molecule has 0 aromatic heterocycles. The van der Waals surface area contributed by atoms with Crippen molar-refractivity contribution in [3.05, 3.63) is 22.8 Å². The first-order valence-corrected chi connectivity index (χ1v) is 15.7. The second-order valence-corrected chi connectivity index (χ2v) is 20.7. The van der Waals surface area contributed by atoms with E-state index < -0.39 is 16.6 Å². The third-order valence-corrected chi connectivity index (χ3v) is 14.4. The van der Waals surface area contributed by atoms with Crippen molar-refractivity contribution in [2.75, 3.05) is 0 Å². The molecule has 0 amide bonds. The van der Waals surface area contributed by atoms with Crippen molar-refractivity contribution in [2.45, 2.75) is 83.9 Å². The van der Waals surface area contributed by atoms with Gasteiger partial charge in [0.1, 0.15) is 0 Å².